The van der Waals surface area contributed by atoms with Gasteiger partial charge in [0.05, 0.1) is 4.92 Å². The molecule has 1 aromatic rings. The third-order valence-electron chi connectivity index (χ3n) is 4.76. The zero-order valence-corrected chi connectivity index (χ0v) is 13.7. The molecule has 0 spiro atoms. The first-order valence-corrected chi connectivity index (χ1v) is 8.55. The molecule has 0 bridgehead atoms. The third kappa shape index (κ3) is 3.74. The molecule has 1 aliphatic carbocycles. The second-order valence-electron chi connectivity index (χ2n) is 6.36. The van der Waals surface area contributed by atoms with Gasteiger partial charge in [0.15, 0.2) is 0 Å². The van der Waals surface area contributed by atoms with Gasteiger partial charge >= 0.3 is 11.7 Å². The van der Waals surface area contributed by atoms with E-state index < -0.39 is 4.92 Å². The number of hydrogen-bond donors (Lipinski definition) is 1. The van der Waals surface area contributed by atoms with Crippen LogP contribution in [0.15, 0.2) is 18.3 Å². The van der Waals surface area contributed by atoms with Crippen molar-refractivity contribution >= 4 is 17.5 Å². The lowest BCUT2D eigenvalue weighted by molar-refractivity contribution is -0.384. The van der Waals surface area contributed by atoms with Gasteiger partial charge in [0.25, 0.3) is 0 Å². The number of aromatic nitrogens is 1. The molecule has 1 N–H and O–H groups in total. The second kappa shape index (κ2) is 7.46. The summed E-state index contributed by atoms with van der Waals surface area (Å²) in [5, 5.41) is 14.2. The zero-order chi connectivity index (χ0) is 16.9. The average Bonchev–Trinajstić information content (AvgIpc) is 2.62. The summed E-state index contributed by atoms with van der Waals surface area (Å²) in [4.78, 5) is 30.9. The highest BCUT2D eigenvalue weighted by atomic mass is 16.6. The van der Waals surface area contributed by atoms with E-state index in [0.29, 0.717) is 38.0 Å². The van der Waals surface area contributed by atoms with Gasteiger partial charge in [-0.15, -0.1) is 0 Å². The van der Waals surface area contributed by atoms with E-state index in [1.807, 2.05) is 4.90 Å². The number of rotatable bonds is 3. The Morgan fingerprint density at radius 2 is 1.92 bits per heavy atom. The van der Waals surface area contributed by atoms with Gasteiger partial charge in [0.1, 0.15) is 0 Å². The van der Waals surface area contributed by atoms with Gasteiger partial charge in [-0.25, -0.2) is 9.78 Å². The summed E-state index contributed by atoms with van der Waals surface area (Å²) < 4.78 is 0. The van der Waals surface area contributed by atoms with Gasteiger partial charge in [-0.1, -0.05) is 19.3 Å². The predicted molar refractivity (Wildman–Crippen MR) is 90.1 cm³/mol. The summed E-state index contributed by atoms with van der Waals surface area (Å²) in [6.07, 6.45) is 7.31. The number of urea groups is 1. The average molecular weight is 333 g/mol. The molecule has 1 aromatic heterocycles. The van der Waals surface area contributed by atoms with Gasteiger partial charge < -0.3 is 15.1 Å². The van der Waals surface area contributed by atoms with Crippen LogP contribution in [-0.2, 0) is 0 Å². The van der Waals surface area contributed by atoms with Gasteiger partial charge in [-0.3, -0.25) is 10.1 Å². The second-order valence-corrected chi connectivity index (χ2v) is 6.36. The number of carbonyl (C=O) groups excluding carboxylic acids is 1. The molecular weight excluding hydrogens is 310 g/mol. The standard InChI is InChI=1S/C16H23N5O3/c22-16(18-13-5-2-1-3-6-13)20-11-9-19(10-12-20)15-14(21(23)24)7-4-8-17-15/h4,7-8,13H,1-3,5-6,9-12H2,(H,18,22). The third-order valence-corrected chi connectivity index (χ3v) is 4.76. The molecule has 8 nitrogen and oxygen atoms in total. The summed E-state index contributed by atoms with van der Waals surface area (Å²) in [7, 11) is 0. The maximum Gasteiger partial charge on any atom is 0.317 e. The molecule has 0 unspecified atom stereocenters. The molecule has 1 saturated heterocycles. The van der Waals surface area contributed by atoms with Crippen molar-refractivity contribution < 1.29 is 9.72 Å². The fraction of sp³-hybridized carbons (Fsp3) is 0.625. The molecule has 2 amide bonds. The number of nitrogens with one attached hydrogen (secondary N) is 1. The predicted octanol–water partition coefficient (Wildman–Crippen LogP) is 2.15. The maximum absolute atomic E-state index is 12.4. The Bertz CT molecular complexity index is 595. The molecule has 0 aromatic carbocycles. The van der Waals surface area contributed by atoms with Crippen LogP contribution in [0.4, 0.5) is 16.3 Å². The van der Waals surface area contributed by atoms with Crippen LogP contribution in [-0.4, -0.2) is 53.1 Å². The van der Waals surface area contributed by atoms with E-state index in [4.69, 9.17) is 0 Å². The van der Waals surface area contributed by atoms with Crippen molar-refractivity contribution in [2.24, 2.45) is 0 Å². The van der Waals surface area contributed by atoms with Crippen LogP contribution in [0, 0.1) is 10.1 Å². The summed E-state index contributed by atoms with van der Waals surface area (Å²) in [5.41, 5.74) is 0.0117. The Labute approximate surface area is 141 Å². The van der Waals surface area contributed by atoms with Crippen molar-refractivity contribution in [2.75, 3.05) is 31.1 Å². The van der Waals surface area contributed by atoms with E-state index in [-0.39, 0.29) is 11.7 Å². The van der Waals surface area contributed by atoms with Crippen LogP contribution in [0.3, 0.4) is 0 Å². The minimum atomic E-state index is -0.412. The first-order valence-electron chi connectivity index (χ1n) is 8.55. The van der Waals surface area contributed by atoms with Gasteiger partial charge in [0.2, 0.25) is 5.82 Å². The molecule has 2 aliphatic rings. The maximum atomic E-state index is 12.4. The summed E-state index contributed by atoms with van der Waals surface area (Å²) >= 11 is 0. The largest absolute Gasteiger partial charge is 0.347 e. The quantitative estimate of drug-likeness (QED) is 0.676. The Morgan fingerprint density at radius 1 is 1.21 bits per heavy atom. The van der Waals surface area contributed by atoms with Crippen LogP contribution in [0.1, 0.15) is 32.1 Å². The van der Waals surface area contributed by atoms with Crippen LogP contribution >= 0.6 is 0 Å². The molecule has 1 saturated carbocycles. The van der Waals surface area contributed by atoms with Crippen molar-refractivity contribution in [3.8, 4) is 0 Å². The molecule has 3 rings (SSSR count). The van der Waals surface area contributed by atoms with Gasteiger partial charge in [0, 0.05) is 44.5 Å². The number of carbonyl (C=O) groups is 1. The SMILES string of the molecule is O=C(NC1CCCCC1)N1CCN(c2ncccc2[N+](=O)[O-])CC1. The number of pyridine rings is 1. The van der Waals surface area contributed by atoms with E-state index in [1.54, 1.807) is 17.2 Å². The molecule has 0 radical (unpaired) electrons. The number of nitro groups is 1. The molecule has 1 aliphatic heterocycles. The highest BCUT2D eigenvalue weighted by Crippen LogP contribution is 2.25. The summed E-state index contributed by atoms with van der Waals surface area (Å²) in [6, 6.07) is 3.30. The zero-order valence-electron chi connectivity index (χ0n) is 13.7. The van der Waals surface area contributed by atoms with Crippen molar-refractivity contribution in [3.05, 3.63) is 28.4 Å². The molecule has 130 valence electrons. The van der Waals surface area contributed by atoms with E-state index in [0.717, 1.165) is 12.8 Å². The van der Waals surface area contributed by atoms with E-state index in [1.165, 1.54) is 25.3 Å². The van der Waals surface area contributed by atoms with Crippen molar-refractivity contribution in [1.29, 1.82) is 0 Å². The lowest BCUT2D eigenvalue weighted by Gasteiger charge is -2.36. The summed E-state index contributed by atoms with van der Waals surface area (Å²) in [6.45, 7) is 2.20. The first kappa shape index (κ1) is 16.5. The van der Waals surface area contributed by atoms with Crippen molar-refractivity contribution in [1.82, 2.24) is 15.2 Å². The fourth-order valence-electron chi connectivity index (χ4n) is 3.41. The Kier molecular flexibility index (Phi) is 5.12. The molecule has 0 atom stereocenters. The monoisotopic (exact) mass is 333 g/mol. The first-order chi connectivity index (χ1) is 11.6. The summed E-state index contributed by atoms with van der Waals surface area (Å²) in [5.74, 6) is 0.384. The number of nitrogens with zero attached hydrogens (tertiary/aromatic N) is 4. The van der Waals surface area contributed by atoms with Crippen LogP contribution in [0.2, 0.25) is 0 Å². The molecular formula is C16H23N5O3. The topological polar surface area (TPSA) is 91.6 Å². The van der Waals surface area contributed by atoms with Gasteiger partial charge in [-0.05, 0) is 18.9 Å². The highest BCUT2D eigenvalue weighted by molar-refractivity contribution is 5.75. The fourth-order valence-corrected chi connectivity index (χ4v) is 3.41. The van der Waals surface area contributed by atoms with Gasteiger partial charge in [-0.2, -0.15) is 0 Å². The Balaban J connectivity index is 1.56. The molecule has 8 heteroatoms. The molecule has 24 heavy (non-hydrogen) atoms. The molecule has 2 heterocycles. The smallest absolute Gasteiger partial charge is 0.317 e. The number of amides is 2. The van der Waals surface area contributed by atoms with Crippen molar-refractivity contribution in [3.63, 3.8) is 0 Å². The number of hydrogen-bond acceptors (Lipinski definition) is 5. The Hall–Kier alpha value is -2.38. The lowest BCUT2D eigenvalue weighted by atomic mass is 9.96. The van der Waals surface area contributed by atoms with Crippen molar-refractivity contribution in [2.45, 2.75) is 38.1 Å². The lowest BCUT2D eigenvalue weighted by Crippen LogP contribution is -2.54. The van der Waals surface area contributed by atoms with Crippen LogP contribution < -0.4 is 10.2 Å². The minimum absolute atomic E-state index is 0.0117. The van der Waals surface area contributed by atoms with Crippen LogP contribution in [0.25, 0.3) is 0 Å². The minimum Gasteiger partial charge on any atom is -0.347 e. The Morgan fingerprint density at radius 3 is 2.58 bits per heavy atom. The van der Waals surface area contributed by atoms with Crippen LogP contribution in [0.5, 0.6) is 0 Å². The normalized spacial score (nSPS) is 19.2. The van der Waals surface area contributed by atoms with E-state index in [9.17, 15) is 14.9 Å². The highest BCUT2D eigenvalue weighted by Gasteiger charge is 2.27. The number of anilines is 1. The van der Waals surface area contributed by atoms with E-state index >= 15 is 0 Å². The molecule has 2 fully saturated rings. The van der Waals surface area contributed by atoms with E-state index in [2.05, 4.69) is 10.3 Å². The number of piperazine rings is 1.